The van der Waals surface area contributed by atoms with Crippen molar-refractivity contribution in [2.45, 2.75) is 52.3 Å². The molecule has 27 heavy (non-hydrogen) atoms. The van der Waals surface area contributed by atoms with Gasteiger partial charge in [0.2, 0.25) is 0 Å². The molecule has 2 rings (SSSR count). The lowest BCUT2D eigenvalue weighted by atomic mass is 9.85. The normalized spacial score (nSPS) is 24.1. The third kappa shape index (κ3) is 5.45. The van der Waals surface area contributed by atoms with Crippen LogP contribution in [0.2, 0.25) is 0 Å². The Labute approximate surface area is 162 Å². The fourth-order valence-electron chi connectivity index (χ4n) is 3.54. The molecular formula is C21H33N3O3. The van der Waals surface area contributed by atoms with E-state index in [2.05, 4.69) is 24.1 Å². The number of benzene rings is 1. The Morgan fingerprint density at radius 3 is 2.59 bits per heavy atom. The predicted octanol–water partition coefficient (Wildman–Crippen LogP) is 3.00. The number of methoxy groups -OCH3 is 1. The average molecular weight is 376 g/mol. The molecule has 6 heteroatoms. The van der Waals surface area contributed by atoms with Gasteiger partial charge in [0, 0.05) is 25.7 Å². The summed E-state index contributed by atoms with van der Waals surface area (Å²) in [5.41, 5.74) is 1.06. The van der Waals surface area contributed by atoms with E-state index in [1.165, 1.54) is 7.11 Å². The minimum absolute atomic E-state index is 0.0143. The lowest BCUT2D eigenvalue weighted by molar-refractivity contribution is -0.149. The van der Waals surface area contributed by atoms with Crippen molar-refractivity contribution < 1.29 is 14.3 Å². The number of ether oxygens (including phenoxy) is 2. The Bertz CT molecular complexity index is 618. The molecule has 1 N–H and O–H groups in total. The van der Waals surface area contributed by atoms with Gasteiger partial charge in [-0.3, -0.25) is 9.79 Å². The van der Waals surface area contributed by atoms with Crippen LogP contribution in [-0.2, 0) is 14.3 Å². The SMILES string of the molecule is CCN1C(=NCCCOC(C)C)N[C@H](c2ccccc2)[C@H](C(=O)OC)[C@H]1C. The van der Waals surface area contributed by atoms with Crippen molar-refractivity contribution in [3.8, 4) is 0 Å². The summed E-state index contributed by atoms with van der Waals surface area (Å²) >= 11 is 0. The van der Waals surface area contributed by atoms with Crippen molar-refractivity contribution in [1.29, 1.82) is 0 Å². The molecule has 1 aromatic rings. The van der Waals surface area contributed by atoms with Crippen LogP contribution in [0.4, 0.5) is 0 Å². The smallest absolute Gasteiger partial charge is 0.313 e. The van der Waals surface area contributed by atoms with E-state index in [0.29, 0.717) is 13.2 Å². The lowest BCUT2D eigenvalue weighted by Gasteiger charge is -2.45. The summed E-state index contributed by atoms with van der Waals surface area (Å²) in [5.74, 6) is 0.329. The standard InChI is InChI=1S/C21H33N3O3/c1-6-24-16(4)18(20(25)26-5)19(17-11-8-7-9-12-17)23-21(24)22-13-10-14-27-15(2)3/h7-9,11-12,15-16,18-19H,6,10,13-14H2,1-5H3,(H,22,23)/t16-,18-,19-/m1/s1. The summed E-state index contributed by atoms with van der Waals surface area (Å²) in [6.07, 6.45) is 1.10. The Morgan fingerprint density at radius 2 is 2.00 bits per heavy atom. The van der Waals surface area contributed by atoms with Crippen molar-refractivity contribution in [3.05, 3.63) is 35.9 Å². The zero-order valence-corrected chi connectivity index (χ0v) is 17.1. The molecule has 0 amide bonds. The minimum atomic E-state index is -0.305. The van der Waals surface area contributed by atoms with E-state index in [-0.39, 0.29) is 30.1 Å². The monoisotopic (exact) mass is 375 g/mol. The summed E-state index contributed by atoms with van der Waals surface area (Å²) in [6.45, 7) is 10.4. The molecule has 0 spiro atoms. The molecule has 0 saturated carbocycles. The molecule has 0 radical (unpaired) electrons. The molecule has 1 aliphatic heterocycles. The van der Waals surface area contributed by atoms with E-state index in [4.69, 9.17) is 14.5 Å². The van der Waals surface area contributed by atoms with Crippen LogP contribution >= 0.6 is 0 Å². The van der Waals surface area contributed by atoms with Crippen LogP contribution in [0.3, 0.4) is 0 Å². The average Bonchev–Trinajstić information content (AvgIpc) is 2.67. The topological polar surface area (TPSA) is 63.2 Å². The third-order valence-electron chi connectivity index (χ3n) is 4.92. The van der Waals surface area contributed by atoms with Gasteiger partial charge < -0.3 is 19.7 Å². The summed E-state index contributed by atoms with van der Waals surface area (Å²) < 4.78 is 10.7. The van der Waals surface area contributed by atoms with Crippen LogP contribution in [0, 0.1) is 5.92 Å². The van der Waals surface area contributed by atoms with Crippen molar-refractivity contribution in [2.24, 2.45) is 10.9 Å². The summed E-state index contributed by atoms with van der Waals surface area (Å²) in [6, 6.07) is 9.85. The number of hydrogen-bond acceptors (Lipinski definition) is 4. The molecule has 3 atom stereocenters. The quantitative estimate of drug-likeness (QED) is 0.559. The number of carbonyl (C=O) groups excluding carboxylic acids is 1. The summed E-state index contributed by atoms with van der Waals surface area (Å²) in [4.78, 5) is 19.5. The number of hydrogen-bond donors (Lipinski definition) is 1. The van der Waals surface area contributed by atoms with Gasteiger partial charge in [-0.2, -0.15) is 0 Å². The predicted molar refractivity (Wildman–Crippen MR) is 108 cm³/mol. The van der Waals surface area contributed by atoms with Crippen LogP contribution in [0.1, 0.15) is 45.7 Å². The second kappa shape index (κ2) is 10.3. The maximum Gasteiger partial charge on any atom is 0.313 e. The van der Waals surface area contributed by atoms with Crippen LogP contribution < -0.4 is 5.32 Å². The second-order valence-electron chi connectivity index (χ2n) is 7.09. The first kappa shape index (κ1) is 21.2. The number of nitrogens with one attached hydrogen (secondary N) is 1. The van der Waals surface area contributed by atoms with E-state index >= 15 is 0 Å². The third-order valence-corrected chi connectivity index (χ3v) is 4.92. The van der Waals surface area contributed by atoms with Crippen molar-refractivity contribution >= 4 is 11.9 Å². The van der Waals surface area contributed by atoms with Crippen molar-refractivity contribution in [3.63, 3.8) is 0 Å². The van der Waals surface area contributed by atoms with Crippen LogP contribution in [0.5, 0.6) is 0 Å². The highest BCUT2D eigenvalue weighted by Crippen LogP contribution is 2.32. The summed E-state index contributed by atoms with van der Waals surface area (Å²) in [5, 5.41) is 3.50. The molecular weight excluding hydrogens is 342 g/mol. The van der Waals surface area contributed by atoms with E-state index in [0.717, 1.165) is 24.5 Å². The van der Waals surface area contributed by atoms with E-state index in [1.54, 1.807) is 0 Å². The first-order valence-electron chi connectivity index (χ1n) is 9.81. The maximum absolute atomic E-state index is 12.5. The molecule has 0 aromatic heterocycles. The van der Waals surface area contributed by atoms with E-state index in [9.17, 15) is 4.79 Å². The highest BCUT2D eigenvalue weighted by atomic mass is 16.5. The number of esters is 1. The number of aliphatic imine (C=N–C) groups is 1. The Hall–Kier alpha value is -2.08. The second-order valence-corrected chi connectivity index (χ2v) is 7.09. The zero-order chi connectivity index (χ0) is 19.8. The zero-order valence-electron chi connectivity index (χ0n) is 17.1. The van der Waals surface area contributed by atoms with Crippen LogP contribution in [0.25, 0.3) is 0 Å². The molecule has 1 aliphatic rings. The van der Waals surface area contributed by atoms with Gasteiger partial charge in [0.15, 0.2) is 5.96 Å². The molecule has 0 unspecified atom stereocenters. The summed E-state index contributed by atoms with van der Waals surface area (Å²) in [7, 11) is 1.45. The number of carbonyl (C=O) groups is 1. The first-order valence-corrected chi connectivity index (χ1v) is 9.81. The molecule has 1 saturated heterocycles. The number of guanidine groups is 1. The van der Waals surface area contributed by atoms with Crippen molar-refractivity contribution in [2.75, 3.05) is 26.8 Å². The Balaban J connectivity index is 2.22. The molecule has 1 fully saturated rings. The minimum Gasteiger partial charge on any atom is -0.469 e. The van der Waals surface area contributed by atoms with Crippen LogP contribution in [-0.4, -0.2) is 55.8 Å². The number of rotatable bonds is 8. The fraction of sp³-hybridized carbons (Fsp3) is 0.619. The molecule has 0 bridgehead atoms. The van der Waals surface area contributed by atoms with Crippen LogP contribution in [0.15, 0.2) is 35.3 Å². The molecule has 6 nitrogen and oxygen atoms in total. The van der Waals surface area contributed by atoms with E-state index in [1.807, 2.05) is 44.2 Å². The molecule has 150 valence electrons. The van der Waals surface area contributed by atoms with Gasteiger partial charge in [-0.15, -0.1) is 0 Å². The highest BCUT2D eigenvalue weighted by Gasteiger charge is 2.43. The highest BCUT2D eigenvalue weighted by molar-refractivity contribution is 5.85. The Kier molecular flexibility index (Phi) is 8.10. The molecule has 0 aliphatic carbocycles. The van der Waals surface area contributed by atoms with Gasteiger partial charge in [-0.05, 0) is 39.7 Å². The van der Waals surface area contributed by atoms with Crippen molar-refractivity contribution in [1.82, 2.24) is 10.2 Å². The van der Waals surface area contributed by atoms with Gasteiger partial charge in [0.05, 0.1) is 19.3 Å². The van der Waals surface area contributed by atoms with Gasteiger partial charge in [-0.25, -0.2) is 0 Å². The fourth-order valence-corrected chi connectivity index (χ4v) is 3.54. The molecule has 1 heterocycles. The maximum atomic E-state index is 12.5. The molecule has 1 aromatic carbocycles. The van der Waals surface area contributed by atoms with Gasteiger partial charge in [0.25, 0.3) is 0 Å². The first-order chi connectivity index (χ1) is 13.0. The van der Waals surface area contributed by atoms with Gasteiger partial charge in [0.1, 0.15) is 5.92 Å². The number of nitrogens with zero attached hydrogens (tertiary/aromatic N) is 2. The van der Waals surface area contributed by atoms with Gasteiger partial charge >= 0.3 is 5.97 Å². The Morgan fingerprint density at radius 1 is 1.30 bits per heavy atom. The lowest BCUT2D eigenvalue weighted by Crippen LogP contribution is -2.60. The van der Waals surface area contributed by atoms with Gasteiger partial charge in [-0.1, -0.05) is 30.3 Å². The van der Waals surface area contributed by atoms with E-state index < -0.39 is 0 Å². The largest absolute Gasteiger partial charge is 0.469 e.